The molecule has 0 fully saturated rings. The van der Waals surface area contributed by atoms with Crippen LogP contribution in [0.25, 0.3) is 0 Å². The average molecular weight is 298 g/mol. The van der Waals surface area contributed by atoms with Gasteiger partial charge in [-0.15, -0.1) is 0 Å². The quantitative estimate of drug-likeness (QED) is 0.748. The van der Waals surface area contributed by atoms with Crippen molar-refractivity contribution in [2.24, 2.45) is 5.92 Å². The summed E-state index contributed by atoms with van der Waals surface area (Å²) in [6.45, 7) is 3.80. The van der Waals surface area contributed by atoms with Crippen LogP contribution in [0.15, 0.2) is 29.2 Å². The predicted octanol–water partition coefficient (Wildman–Crippen LogP) is 2.46. The van der Waals surface area contributed by atoms with Crippen molar-refractivity contribution in [3.63, 3.8) is 0 Å². The Morgan fingerprint density at radius 2 is 1.70 bits per heavy atom. The SMILES string of the molecule is CCC(CC)C(=O)c1ccc(S(=O)(=O)CCCO)cc1. The zero-order valence-electron chi connectivity index (χ0n) is 12.0. The molecule has 0 aliphatic carbocycles. The standard InChI is InChI=1S/C15H22O4S/c1-3-12(4-2)15(17)13-6-8-14(9-7-13)20(18,19)11-5-10-16/h6-9,12,16H,3-5,10-11H2,1-2H3. The van der Waals surface area contributed by atoms with Crippen LogP contribution in [0, 0.1) is 5.92 Å². The first-order valence-electron chi connectivity index (χ1n) is 6.94. The number of sulfone groups is 1. The number of carbonyl (C=O) groups excluding carboxylic acids is 1. The summed E-state index contributed by atoms with van der Waals surface area (Å²) in [6.07, 6.45) is 1.79. The Kier molecular flexibility index (Phi) is 6.36. The normalized spacial score (nSPS) is 11.8. The molecular weight excluding hydrogens is 276 g/mol. The molecule has 5 heteroatoms. The van der Waals surface area contributed by atoms with Crippen LogP contribution < -0.4 is 0 Å². The first-order chi connectivity index (χ1) is 9.46. The van der Waals surface area contributed by atoms with E-state index in [1.165, 1.54) is 12.1 Å². The van der Waals surface area contributed by atoms with Gasteiger partial charge in [0.15, 0.2) is 15.6 Å². The van der Waals surface area contributed by atoms with Crippen molar-refractivity contribution in [3.8, 4) is 0 Å². The van der Waals surface area contributed by atoms with Gasteiger partial charge in [0, 0.05) is 18.1 Å². The second-order valence-electron chi connectivity index (χ2n) is 4.80. The van der Waals surface area contributed by atoms with E-state index in [9.17, 15) is 13.2 Å². The predicted molar refractivity (Wildman–Crippen MR) is 78.6 cm³/mol. The van der Waals surface area contributed by atoms with Crippen LogP contribution in [0.2, 0.25) is 0 Å². The third kappa shape index (κ3) is 4.15. The summed E-state index contributed by atoms with van der Waals surface area (Å²) in [5.74, 6) is -0.0234. The highest BCUT2D eigenvalue weighted by molar-refractivity contribution is 7.91. The Balaban J connectivity index is 2.91. The molecule has 0 amide bonds. The smallest absolute Gasteiger partial charge is 0.178 e. The molecule has 0 radical (unpaired) electrons. The molecule has 112 valence electrons. The molecule has 0 heterocycles. The van der Waals surface area contributed by atoms with Gasteiger partial charge in [0.05, 0.1) is 10.6 Å². The molecule has 20 heavy (non-hydrogen) atoms. The topological polar surface area (TPSA) is 71.4 Å². The van der Waals surface area contributed by atoms with Crippen LogP contribution >= 0.6 is 0 Å². The molecule has 0 unspecified atom stereocenters. The summed E-state index contributed by atoms with van der Waals surface area (Å²) in [7, 11) is -3.37. The van der Waals surface area contributed by atoms with Gasteiger partial charge in [0.25, 0.3) is 0 Å². The van der Waals surface area contributed by atoms with Gasteiger partial charge in [-0.3, -0.25) is 4.79 Å². The molecule has 1 aromatic rings. The summed E-state index contributed by atoms with van der Waals surface area (Å²) < 4.78 is 23.8. The molecule has 0 aliphatic rings. The fourth-order valence-electron chi connectivity index (χ4n) is 2.09. The number of hydrogen-bond acceptors (Lipinski definition) is 4. The second-order valence-corrected chi connectivity index (χ2v) is 6.91. The van der Waals surface area contributed by atoms with Crippen LogP contribution in [0.4, 0.5) is 0 Å². The third-order valence-electron chi connectivity index (χ3n) is 3.43. The summed E-state index contributed by atoms with van der Waals surface area (Å²) >= 11 is 0. The maximum Gasteiger partial charge on any atom is 0.178 e. The highest BCUT2D eigenvalue weighted by Gasteiger charge is 2.18. The van der Waals surface area contributed by atoms with E-state index in [1.54, 1.807) is 12.1 Å². The first kappa shape index (κ1) is 16.9. The number of benzene rings is 1. The molecule has 0 aliphatic heterocycles. The van der Waals surface area contributed by atoms with E-state index in [0.29, 0.717) is 5.56 Å². The van der Waals surface area contributed by atoms with Crippen LogP contribution in [-0.4, -0.2) is 31.7 Å². The summed E-state index contributed by atoms with van der Waals surface area (Å²) in [4.78, 5) is 12.4. The lowest BCUT2D eigenvalue weighted by atomic mass is 9.93. The Morgan fingerprint density at radius 3 is 2.15 bits per heavy atom. The molecule has 0 saturated carbocycles. The maximum absolute atomic E-state index is 12.2. The highest BCUT2D eigenvalue weighted by Crippen LogP contribution is 2.18. The minimum Gasteiger partial charge on any atom is -0.396 e. The Morgan fingerprint density at radius 1 is 1.15 bits per heavy atom. The van der Waals surface area contributed by atoms with Gasteiger partial charge in [0.2, 0.25) is 0 Å². The van der Waals surface area contributed by atoms with E-state index in [4.69, 9.17) is 5.11 Å². The first-order valence-corrected chi connectivity index (χ1v) is 8.59. The zero-order chi connectivity index (χ0) is 15.2. The van der Waals surface area contributed by atoms with Gasteiger partial charge in [-0.05, 0) is 31.4 Å². The van der Waals surface area contributed by atoms with Crippen molar-refractivity contribution in [2.75, 3.05) is 12.4 Å². The molecule has 1 rings (SSSR count). The van der Waals surface area contributed by atoms with Gasteiger partial charge in [-0.25, -0.2) is 8.42 Å². The third-order valence-corrected chi connectivity index (χ3v) is 5.24. The fourth-order valence-corrected chi connectivity index (χ4v) is 3.39. The summed E-state index contributed by atoms with van der Waals surface area (Å²) in [5, 5.41) is 8.70. The van der Waals surface area contributed by atoms with Gasteiger partial charge in [-0.2, -0.15) is 0 Å². The fraction of sp³-hybridized carbons (Fsp3) is 0.533. The molecule has 1 aromatic carbocycles. The largest absolute Gasteiger partial charge is 0.396 e. The van der Waals surface area contributed by atoms with E-state index in [1.807, 2.05) is 13.8 Å². The Labute approximate surface area is 120 Å². The van der Waals surface area contributed by atoms with Gasteiger partial charge in [-0.1, -0.05) is 26.0 Å². The van der Waals surface area contributed by atoms with E-state index in [0.717, 1.165) is 12.8 Å². The number of carbonyl (C=O) groups is 1. The van der Waals surface area contributed by atoms with E-state index in [2.05, 4.69) is 0 Å². The molecule has 0 saturated heterocycles. The molecule has 4 nitrogen and oxygen atoms in total. The van der Waals surface area contributed by atoms with Crippen LogP contribution in [0.1, 0.15) is 43.5 Å². The lowest BCUT2D eigenvalue weighted by molar-refractivity contribution is 0.0913. The molecule has 0 spiro atoms. The lowest BCUT2D eigenvalue weighted by Gasteiger charge is -2.11. The Hall–Kier alpha value is -1.20. The summed E-state index contributed by atoms with van der Waals surface area (Å²) in [5.41, 5.74) is 0.555. The number of ketones is 1. The van der Waals surface area contributed by atoms with Crippen molar-refractivity contribution in [1.29, 1.82) is 0 Å². The van der Waals surface area contributed by atoms with Gasteiger partial charge < -0.3 is 5.11 Å². The van der Waals surface area contributed by atoms with Crippen LogP contribution in [-0.2, 0) is 9.84 Å². The van der Waals surface area contributed by atoms with Gasteiger partial charge >= 0.3 is 0 Å². The minimum atomic E-state index is -3.37. The van der Waals surface area contributed by atoms with E-state index >= 15 is 0 Å². The van der Waals surface area contributed by atoms with E-state index < -0.39 is 9.84 Å². The number of Topliss-reactive ketones (excluding diaryl/α,β-unsaturated/α-hetero) is 1. The molecule has 0 atom stereocenters. The second kappa shape index (κ2) is 7.55. The van der Waals surface area contributed by atoms with Crippen molar-refractivity contribution >= 4 is 15.6 Å². The number of aliphatic hydroxyl groups is 1. The molecular formula is C15H22O4S. The number of aliphatic hydroxyl groups excluding tert-OH is 1. The van der Waals surface area contributed by atoms with Crippen molar-refractivity contribution in [3.05, 3.63) is 29.8 Å². The average Bonchev–Trinajstić information content (AvgIpc) is 2.46. The zero-order valence-corrected chi connectivity index (χ0v) is 12.8. The monoisotopic (exact) mass is 298 g/mol. The van der Waals surface area contributed by atoms with Crippen LogP contribution in [0.5, 0.6) is 0 Å². The maximum atomic E-state index is 12.2. The van der Waals surface area contributed by atoms with E-state index in [-0.39, 0.29) is 35.4 Å². The Bertz CT molecular complexity index is 527. The molecule has 0 bridgehead atoms. The van der Waals surface area contributed by atoms with Gasteiger partial charge in [0.1, 0.15) is 0 Å². The van der Waals surface area contributed by atoms with Crippen molar-refractivity contribution in [1.82, 2.24) is 0 Å². The molecule has 1 N–H and O–H groups in total. The summed E-state index contributed by atoms with van der Waals surface area (Å²) in [6, 6.07) is 6.10. The molecule has 0 aromatic heterocycles. The lowest BCUT2D eigenvalue weighted by Crippen LogP contribution is -2.13. The number of rotatable bonds is 8. The van der Waals surface area contributed by atoms with Crippen molar-refractivity contribution in [2.45, 2.75) is 38.0 Å². The highest BCUT2D eigenvalue weighted by atomic mass is 32.2. The number of hydrogen-bond donors (Lipinski definition) is 1. The van der Waals surface area contributed by atoms with Crippen LogP contribution in [0.3, 0.4) is 0 Å². The van der Waals surface area contributed by atoms with Crippen molar-refractivity contribution < 1.29 is 18.3 Å². The minimum absolute atomic E-state index is 0.00755.